The van der Waals surface area contributed by atoms with Crippen molar-refractivity contribution in [3.63, 3.8) is 0 Å². The van der Waals surface area contributed by atoms with Crippen molar-refractivity contribution in [2.45, 2.75) is 40.5 Å². The van der Waals surface area contributed by atoms with E-state index in [1.54, 1.807) is 0 Å². The molecular weight excluding hydrogens is 288 g/mol. The second-order valence-electron chi connectivity index (χ2n) is 6.90. The zero-order chi connectivity index (χ0) is 17.1. The molecule has 0 bridgehead atoms. The number of rotatable bonds is 2. The lowest BCUT2D eigenvalue weighted by Gasteiger charge is -2.17. The van der Waals surface area contributed by atoms with Crippen molar-refractivity contribution in [3.8, 4) is 0 Å². The Labute approximate surface area is 146 Å². The molecule has 1 aromatic rings. The largest absolute Gasteiger partial charge is 0.0723 e. The van der Waals surface area contributed by atoms with E-state index in [2.05, 4.69) is 76.3 Å². The molecule has 0 nitrogen and oxygen atoms in total. The van der Waals surface area contributed by atoms with Crippen LogP contribution in [0.2, 0.25) is 0 Å². The van der Waals surface area contributed by atoms with Crippen molar-refractivity contribution >= 4 is 11.1 Å². The minimum absolute atomic E-state index is 0.967. The Morgan fingerprint density at radius 3 is 1.62 bits per heavy atom. The van der Waals surface area contributed by atoms with Gasteiger partial charge in [0.1, 0.15) is 0 Å². The Morgan fingerprint density at radius 2 is 1.21 bits per heavy atom. The smallest absolute Gasteiger partial charge is 0.00143 e. The van der Waals surface area contributed by atoms with E-state index in [1.165, 1.54) is 44.6 Å². The lowest BCUT2D eigenvalue weighted by atomic mass is 9.88. The highest BCUT2D eigenvalue weighted by molar-refractivity contribution is 5.77. The van der Waals surface area contributed by atoms with Gasteiger partial charge in [0.25, 0.3) is 0 Å². The van der Waals surface area contributed by atoms with Crippen LogP contribution in [0.15, 0.2) is 70.9 Å². The predicted molar refractivity (Wildman–Crippen MR) is 104 cm³/mol. The fourth-order valence-electron chi connectivity index (χ4n) is 3.04. The maximum absolute atomic E-state index is 3.36. The highest BCUT2D eigenvalue weighted by atomic mass is 14.2. The molecular formula is C24H24. The first kappa shape index (κ1) is 16.5. The van der Waals surface area contributed by atoms with E-state index >= 15 is 0 Å². The molecule has 2 aliphatic carbocycles. The molecule has 0 spiro atoms. The molecule has 0 atom stereocenters. The summed E-state index contributed by atoms with van der Waals surface area (Å²) >= 11 is 0. The van der Waals surface area contributed by atoms with Gasteiger partial charge in [-0.2, -0.15) is 0 Å². The van der Waals surface area contributed by atoms with Crippen LogP contribution >= 0.6 is 0 Å². The normalized spacial score (nSPS) is 16.8. The van der Waals surface area contributed by atoms with Gasteiger partial charge in [-0.15, -0.1) is 0 Å². The average molecular weight is 312 g/mol. The summed E-state index contributed by atoms with van der Waals surface area (Å²) < 4.78 is 0. The molecule has 0 saturated heterocycles. The summed E-state index contributed by atoms with van der Waals surface area (Å²) in [5.41, 5.74) is 10.6. The van der Waals surface area contributed by atoms with Crippen LogP contribution < -0.4 is 0 Å². The van der Waals surface area contributed by atoms with Crippen LogP contribution in [-0.4, -0.2) is 0 Å². The van der Waals surface area contributed by atoms with E-state index in [9.17, 15) is 0 Å². The van der Waals surface area contributed by atoms with Crippen LogP contribution in [0.25, 0.3) is 11.1 Å². The monoisotopic (exact) mass is 312 g/mol. The predicted octanol–water partition coefficient (Wildman–Crippen LogP) is 6.65. The maximum Gasteiger partial charge on any atom is -0.00143 e. The van der Waals surface area contributed by atoms with Gasteiger partial charge >= 0.3 is 0 Å². The van der Waals surface area contributed by atoms with E-state index in [4.69, 9.17) is 0 Å². The first-order valence-electron chi connectivity index (χ1n) is 8.56. The van der Waals surface area contributed by atoms with Gasteiger partial charge in [-0.3, -0.25) is 0 Å². The van der Waals surface area contributed by atoms with E-state index in [1.807, 2.05) is 12.2 Å². The third kappa shape index (κ3) is 3.59. The standard InChI is InChI=1S/C24H24/c1-17(2)19-8-5-10-21(14-19)23-12-7-13-24(16-23)22-11-6-9-20(15-22)18(3)4/h5-7,10-13,16H,14-15H2,1-4H3. The zero-order valence-electron chi connectivity index (χ0n) is 15.0. The minimum atomic E-state index is 0.967. The summed E-state index contributed by atoms with van der Waals surface area (Å²) in [6, 6.07) is 8.91. The summed E-state index contributed by atoms with van der Waals surface area (Å²) in [6.07, 6.45) is 17.1. The molecule has 0 fully saturated rings. The van der Waals surface area contributed by atoms with Crippen molar-refractivity contribution in [3.05, 3.63) is 94.1 Å². The van der Waals surface area contributed by atoms with Crippen LogP contribution in [-0.2, 0) is 0 Å². The van der Waals surface area contributed by atoms with Gasteiger partial charge in [-0.25, -0.2) is 0 Å². The first-order chi connectivity index (χ1) is 11.5. The lowest BCUT2D eigenvalue weighted by Crippen LogP contribution is -1.97. The van der Waals surface area contributed by atoms with Gasteiger partial charge in [0, 0.05) is 0 Å². The van der Waals surface area contributed by atoms with E-state index < -0.39 is 0 Å². The van der Waals surface area contributed by atoms with E-state index in [-0.39, 0.29) is 0 Å². The van der Waals surface area contributed by atoms with Gasteiger partial charge in [0.2, 0.25) is 0 Å². The molecule has 0 saturated carbocycles. The molecule has 3 rings (SSSR count). The number of benzene rings is 1. The van der Waals surface area contributed by atoms with Crippen LogP contribution in [0, 0.1) is 12.2 Å². The molecule has 0 aliphatic heterocycles. The van der Waals surface area contributed by atoms with Crippen molar-refractivity contribution in [2.75, 3.05) is 0 Å². The quantitative estimate of drug-likeness (QED) is 0.573. The SMILES string of the molecule is CC(C)=C1[C]=CC=C(c2cccc(C3=CC=[C]C(=C(C)C)C3)c2)C1. The highest BCUT2D eigenvalue weighted by Crippen LogP contribution is 2.32. The average Bonchev–Trinajstić information content (AvgIpc) is 2.62. The van der Waals surface area contributed by atoms with E-state index in [0.29, 0.717) is 0 Å². The van der Waals surface area contributed by atoms with Gasteiger partial charge < -0.3 is 0 Å². The Bertz CT molecular complexity index is 757. The lowest BCUT2D eigenvalue weighted by molar-refractivity contribution is 1.16. The van der Waals surface area contributed by atoms with Crippen molar-refractivity contribution in [2.24, 2.45) is 0 Å². The van der Waals surface area contributed by atoms with Crippen molar-refractivity contribution in [1.29, 1.82) is 0 Å². The van der Waals surface area contributed by atoms with Gasteiger partial charge in [-0.05, 0) is 92.2 Å². The molecule has 2 aliphatic rings. The highest BCUT2D eigenvalue weighted by Gasteiger charge is 2.12. The molecule has 1 aromatic carbocycles. The molecule has 0 heteroatoms. The molecule has 0 amide bonds. The summed E-state index contributed by atoms with van der Waals surface area (Å²) in [5.74, 6) is 0. The first-order valence-corrected chi connectivity index (χ1v) is 8.56. The summed E-state index contributed by atoms with van der Waals surface area (Å²) in [7, 11) is 0. The Kier molecular flexibility index (Phi) is 4.85. The molecule has 2 radical (unpaired) electrons. The topological polar surface area (TPSA) is 0 Å². The molecule has 0 unspecified atom stereocenters. The Morgan fingerprint density at radius 1 is 0.750 bits per heavy atom. The molecule has 24 heavy (non-hydrogen) atoms. The molecule has 0 heterocycles. The minimum Gasteiger partial charge on any atom is -0.0723 e. The Hall–Kier alpha value is -2.34. The summed E-state index contributed by atoms with van der Waals surface area (Å²) in [4.78, 5) is 0. The third-order valence-electron chi connectivity index (χ3n) is 4.63. The van der Waals surface area contributed by atoms with Crippen LogP contribution in [0.3, 0.4) is 0 Å². The number of allylic oxidation sites excluding steroid dienone is 12. The van der Waals surface area contributed by atoms with Crippen LogP contribution in [0.1, 0.15) is 51.7 Å². The summed E-state index contributed by atoms with van der Waals surface area (Å²) in [5, 5.41) is 0. The van der Waals surface area contributed by atoms with Crippen molar-refractivity contribution in [1.82, 2.24) is 0 Å². The van der Waals surface area contributed by atoms with Gasteiger partial charge in [0.15, 0.2) is 0 Å². The maximum atomic E-state index is 3.36. The second-order valence-corrected chi connectivity index (χ2v) is 6.90. The fraction of sp³-hybridized carbons (Fsp3) is 0.250. The van der Waals surface area contributed by atoms with Crippen LogP contribution in [0.5, 0.6) is 0 Å². The number of hydrogen-bond acceptors (Lipinski definition) is 0. The zero-order valence-corrected chi connectivity index (χ0v) is 15.0. The van der Waals surface area contributed by atoms with Gasteiger partial charge in [0.05, 0.1) is 0 Å². The second kappa shape index (κ2) is 7.05. The number of hydrogen-bond donors (Lipinski definition) is 0. The van der Waals surface area contributed by atoms with Crippen molar-refractivity contribution < 1.29 is 0 Å². The van der Waals surface area contributed by atoms with Crippen LogP contribution in [0.4, 0.5) is 0 Å². The molecule has 0 N–H and O–H groups in total. The fourth-order valence-corrected chi connectivity index (χ4v) is 3.04. The summed E-state index contributed by atoms with van der Waals surface area (Å²) in [6.45, 7) is 8.64. The third-order valence-corrected chi connectivity index (χ3v) is 4.63. The Balaban J connectivity index is 1.91. The van der Waals surface area contributed by atoms with E-state index in [0.717, 1.165) is 12.8 Å². The van der Waals surface area contributed by atoms with Gasteiger partial charge in [-0.1, -0.05) is 53.6 Å². The molecule has 120 valence electrons. The molecule has 0 aromatic heterocycles.